The Morgan fingerprint density at radius 3 is 2.28 bits per heavy atom. The van der Waals surface area contributed by atoms with Crippen LogP contribution in [0.4, 0.5) is 5.69 Å². The van der Waals surface area contributed by atoms with E-state index in [-0.39, 0.29) is 5.69 Å². The summed E-state index contributed by atoms with van der Waals surface area (Å²) in [6, 6.07) is 11.6. The first kappa shape index (κ1) is 12.6. The molecule has 0 atom stereocenters. The minimum Gasteiger partial charge on any atom is -0.457 e. The van der Waals surface area contributed by atoms with Gasteiger partial charge in [0.2, 0.25) is 0 Å². The van der Waals surface area contributed by atoms with Gasteiger partial charge in [0.25, 0.3) is 5.69 Å². The zero-order valence-electron chi connectivity index (χ0n) is 9.59. The molecule has 5 heteroatoms. The van der Waals surface area contributed by atoms with Crippen molar-refractivity contribution in [3.8, 4) is 11.5 Å². The molecule has 0 amide bonds. The van der Waals surface area contributed by atoms with Crippen LogP contribution in [0.1, 0.15) is 5.56 Å². The molecule has 4 nitrogen and oxygen atoms in total. The highest BCUT2D eigenvalue weighted by Crippen LogP contribution is 2.27. The first-order valence-corrected chi connectivity index (χ1v) is 6.04. The molecule has 0 unspecified atom stereocenters. The van der Waals surface area contributed by atoms with Gasteiger partial charge >= 0.3 is 0 Å². The van der Waals surface area contributed by atoms with E-state index in [0.717, 1.165) is 10.0 Å². The first-order valence-electron chi connectivity index (χ1n) is 5.25. The molecule has 0 aliphatic rings. The Morgan fingerprint density at radius 2 is 1.72 bits per heavy atom. The lowest BCUT2D eigenvalue weighted by Crippen LogP contribution is -1.88. The van der Waals surface area contributed by atoms with Gasteiger partial charge in [-0.1, -0.05) is 22.0 Å². The van der Waals surface area contributed by atoms with Gasteiger partial charge < -0.3 is 4.74 Å². The molecule has 0 spiro atoms. The van der Waals surface area contributed by atoms with Crippen molar-refractivity contribution in [3.05, 3.63) is 62.6 Å². The Balaban J connectivity index is 2.18. The lowest BCUT2D eigenvalue weighted by molar-refractivity contribution is -0.384. The van der Waals surface area contributed by atoms with Gasteiger partial charge in [0, 0.05) is 16.6 Å². The van der Waals surface area contributed by atoms with Gasteiger partial charge in [-0.15, -0.1) is 0 Å². The van der Waals surface area contributed by atoms with E-state index in [1.807, 2.05) is 25.1 Å². The zero-order valence-corrected chi connectivity index (χ0v) is 11.2. The second kappa shape index (κ2) is 5.18. The quantitative estimate of drug-likeness (QED) is 0.621. The van der Waals surface area contributed by atoms with Crippen molar-refractivity contribution >= 4 is 21.6 Å². The van der Waals surface area contributed by atoms with Crippen LogP contribution < -0.4 is 4.74 Å². The summed E-state index contributed by atoms with van der Waals surface area (Å²) in [6.07, 6.45) is 0. The molecule has 0 aromatic heterocycles. The second-order valence-corrected chi connectivity index (χ2v) is 4.62. The number of halogens is 1. The summed E-state index contributed by atoms with van der Waals surface area (Å²) in [4.78, 5) is 10.1. The predicted molar refractivity (Wildman–Crippen MR) is 72.0 cm³/mol. The summed E-state index contributed by atoms with van der Waals surface area (Å²) in [5.74, 6) is 1.25. The number of nitro benzene ring substituents is 1. The molecular weight excluding hydrogens is 298 g/mol. The molecule has 2 aromatic rings. The maximum absolute atomic E-state index is 10.5. The fourth-order valence-electron chi connectivity index (χ4n) is 1.41. The summed E-state index contributed by atoms with van der Waals surface area (Å²) >= 11 is 3.42. The van der Waals surface area contributed by atoms with Gasteiger partial charge in [0.15, 0.2) is 0 Å². The SMILES string of the molecule is Cc1ccc(Oc2ccc([N+](=O)[O-])cc2)cc1Br. The summed E-state index contributed by atoms with van der Waals surface area (Å²) < 4.78 is 6.56. The normalized spacial score (nSPS) is 10.1. The monoisotopic (exact) mass is 307 g/mol. The van der Waals surface area contributed by atoms with E-state index in [1.54, 1.807) is 12.1 Å². The summed E-state index contributed by atoms with van der Waals surface area (Å²) in [5, 5.41) is 10.5. The maximum Gasteiger partial charge on any atom is 0.269 e. The second-order valence-electron chi connectivity index (χ2n) is 3.76. The number of hydrogen-bond donors (Lipinski definition) is 0. The number of benzene rings is 2. The van der Waals surface area contributed by atoms with E-state index in [0.29, 0.717) is 11.5 Å². The van der Waals surface area contributed by atoms with Crippen LogP contribution in [0.15, 0.2) is 46.9 Å². The molecule has 0 fully saturated rings. The highest BCUT2D eigenvalue weighted by molar-refractivity contribution is 9.10. The largest absolute Gasteiger partial charge is 0.457 e. The first-order chi connectivity index (χ1) is 8.56. The van der Waals surface area contributed by atoms with E-state index < -0.39 is 4.92 Å². The number of non-ortho nitro benzene ring substituents is 1. The molecule has 18 heavy (non-hydrogen) atoms. The van der Waals surface area contributed by atoms with E-state index >= 15 is 0 Å². The van der Waals surface area contributed by atoms with E-state index in [1.165, 1.54) is 12.1 Å². The molecule has 0 saturated heterocycles. The average molecular weight is 308 g/mol. The minimum atomic E-state index is -0.438. The van der Waals surface area contributed by atoms with Crippen LogP contribution >= 0.6 is 15.9 Å². The lowest BCUT2D eigenvalue weighted by atomic mass is 10.2. The topological polar surface area (TPSA) is 52.4 Å². The summed E-state index contributed by atoms with van der Waals surface area (Å²) in [6.45, 7) is 1.99. The summed E-state index contributed by atoms with van der Waals surface area (Å²) in [7, 11) is 0. The molecule has 0 aliphatic heterocycles. The number of nitrogens with zero attached hydrogens (tertiary/aromatic N) is 1. The molecule has 0 bridgehead atoms. The van der Waals surface area contributed by atoms with Crippen LogP contribution in [0.3, 0.4) is 0 Å². The molecule has 0 heterocycles. The van der Waals surface area contributed by atoms with Gasteiger partial charge in [-0.25, -0.2) is 0 Å². The Morgan fingerprint density at radius 1 is 1.11 bits per heavy atom. The van der Waals surface area contributed by atoms with Crippen LogP contribution in [0.2, 0.25) is 0 Å². The van der Waals surface area contributed by atoms with Gasteiger partial charge in [-0.3, -0.25) is 10.1 Å². The van der Waals surface area contributed by atoms with Crippen molar-refractivity contribution in [2.75, 3.05) is 0 Å². The van der Waals surface area contributed by atoms with Crippen molar-refractivity contribution in [1.82, 2.24) is 0 Å². The Bertz CT molecular complexity index is 581. The Hall–Kier alpha value is -1.88. The highest BCUT2D eigenvalue weighted by atomic mass is 79.9. The minimum absolute atomic E-state index is 0.0486. The molecular formula is C13H10BrNO3. The number of ether oxygens (including phenoxy) is 1. The smallest absolute Gasteiger partial charge is 0.269 e. The third-order valence-electron chi connectivity index (χ3n) is 2.43. The average Bonchev–Trinajstić information content (AvgIpc) is 2.34. The summed E-state index contributed by atoms with van der Waals surface area (Å²) in [5.41, 5.74) is 1.17. The van der Waals surface area contributed by atoms with Gasteiger partial charge in [-0.05, 0) is 36.8 Å². The number of aryl methyl sites for hydroxylation is 1. The molecule has 2 rings (SSSR count). The van der Waals surface area contributed by atoms with Crippen LogP contribution in [0, 0.1) is 17.0 Å². The van der Waals surface area contributed by atoms with Crippen molar-refractivity contribution in [3.63, 3.8) is 0 Å². The number of rotatable bonds is 3. The highest BCUT2D eigenvalue weighted by Gasteiger charge is 2.05. The van der Waals surface area contributed by atoms with Crippen molar-refractivity contribution < 1.29 is 9.66 Å². The number of nitro groups is 1. The standard InChI is InChI=1S/C13H10BrNO3/c1-9-2-5-12(8-13(9)14)18-11-6-3-10(4-7-11)15(16)17/h2-8H,1H3. The Labute approximate surface area is 112 Å². The van der Waals surface area contributed by atoms with E-state index in [9.17, 15) is 10.1 Å². The van der Waals surface area contributed by atoms with Crippen LogP contribution in [-0.4, -0.2) is 4.92 Å². The maximum atomic E-state index is 10.5. The van der Waals surface area contributed by atoms with Gasteiger partial charge in [0.1, 0.15) is 11.5 Å². The van der Waals surface area contributed by atoms with Crippen LogP contribution in [0.5, 0.6) is 11.5 Å². The van der Waals surface area contributed by atoms with Crippen molar-refractivity contribution in [1.29, 1.82) is 0 Å². The van der Waals surface area contributed by atoms with E-state index in [2.05, 4.69) is 15.9 Å². The molecule has 0 radical (unpaired) electrons. The third kappa shape index (κ3) is 2.87. The van der Waals surface area contributed by atoms with Gasteiger partial charge in [0.05, 0.1) is 4.92 Å². The Kier molecular flexibility index (Phi) is 3.62. The molecule has 0 aliphatic carbocycles. The lowest BCUT2D eigenvalue weighted by Gasteiger charge is -2.06. The van der Waals surface area contributed by atoms with Crippen LogP contribution in [0.25, 0.3) is 0 Å². The fourth-order valence-corrected chi connectivity index (χ4v) is 1.77. The predicted octanol–water partition coefficient (Wildman–Crippen LogP) is 4.46. The molecule has 92 valence electrons. The molecule has 2 aromatic carbocycles. The van der Waals surface area contributed by atoms with Crippen molar-refractivity contribution in [2.45, 2.75) is 6.92 Å². The van der Waals surface area contributed by atoms with Crippen LogP contribution in [-0.2, 0) is 0 Å². The van der Waals surface area contributed by atoms with Gasteiger partial charge in [-0.2, -0.15) is 0 Å². The van der Waals surface area contributed by atoms with E-state index in [4.69, 9.17) is 4.74 Å². The van der Waals surface area contributed by atoms with Crippen molar-refractivity contribution in [2.24, 2.45) is 0 Å². The zero-order chi connectivity index (χ0) is 13.1. The number of hydrogen-bond acceptors (Lipinski definition) is 3. The fraction of sp³-hybridized carbons (Fsp3) is 0.0769. The molecule has 0 N–H and O–H groups in total. The molecule has 0 saturated carbocycles. The third-order valence-corrected chi connectivity index (χ3v) is 3.28.